The lowest BCUT2D eigenvalue weighted by molar-refractivity contribution is -0.118. The number of nitrogens with zero attached hydrogens (tertiary/aromatic N) is 2. The Labute approximate surface area is 149 Å². The van der Waals surface area contributed by atoms with Gasteiger partial charge in [0.25, 0.3) is 5.91 Å². The summed E-state index contributed by atoms with van der Waals surface area (Å²) in [6.45, 7) is 1.76. The van der Waals surface area contributed by atoms with E-state index in [1.807, 2.05) is 35.9 Å². The summed E-state index contributed by atoms with van der Waals surface area (Å²) in [7, 11) is 0. The summed E-state index contributed by atoms with van der Waals surface area (Å²) >= 11 is 0. The number of hydrogen-bond donors (Lipinski definition) is 2. The number of amides is 1. The fourth-order valence-electron chi connectivity index (χ4n) is 2.95. The number of aryl methyl sites for hydroxylation is 1. The van der Waals surface area contributed by atoms with E-state index in [4.69, 9.17) is 4.74 Å². The van der Waals surface area contributed by atoms with E-state index in [2.05, 4.69) is 10.3 Å². The number of aromatic hydroxyl groups is 1. The summed E-state index contributed by atoms with van der Waals surface area (Å²) in [5.41, 5.74) is 2.18. The van der Waals surface area contributed by atoms with Crippen molar-refractivity contribution in [1.29, 1.82) is 0 Å². The maximum Gasteiger partial charge on any atom is 0.262 e. The lowest BCUT2D eigenvalue weighted by atomic mass is 10.1. The van der Waals surface area contributed by atoms with Gasteiger partial charge in [-0.2, -0.15) is 0 Å². The van der Waals surface area contributed by atoms with E-state index < -0.39 is 0 Å². The SMILES string of the molecule is Cc1cn2cccc(OCC(=O)Nc3cccc4c(O)cccc34)c2n1. The highest BCUT2D eigenvalue weighted by molar-refractivity contribution is 6.04. The third kappa shape index (κ3) is 2.93. The zero-order valence-electron chi connectivity index (χ0n) is 14.1. The number of aromatic nitrogens is 2. The van der Waals surface area contributed by atoms with E-state index in [1.54, 1.807) is 36.4 Å². The molecule has 26 heavy (non-hydrogen) atoms. The van der Waals surface area contributed by atoms with Crippen molar-refractivity contribution in [3.8, 4) is 11.5 Å². The predicted octanol–water partition coefficient (Wildman–Crippen LogP) is 3.52. The summed E-state index contributed by atoms with van der Waals surface area (Å²) in [5.74, 6) is 0.439. The van der Waals surface area contributed by atoms with Crippen molar-refractivity contribution in [2.24, 2.45) is 0 Å². The molecule has 2 heterocycles. The first-order valence-corrected chi connectivity index (χ1v) is 8.19. The number of fused-ring (bicyclic) bond motifs is 2. The molecule has 2 N–H and O–H groups in total. The van der Waals surface area contributed by atoms with Crippen LogP contribution in [0.2, 0.25) is 0 Å². The van der Waals surface area contributed by atoms with Crippen molar-refractivity contribution in [3.63, 3.8) is 0 Å². The number of carbonyl (C=O) groups excluding carboxylic acids is 1. The Kier molecular flexibility index (Phi) is 3.93. The maximum atomic E-state index is 12.3. The molecule has 0 atom stereocenters. The number of ether oxygens (including phenoxy) is 1. The van der Waals surface area contributed by atoms with Gasteiger partial charge in [0.15, 0.2) is 18.0 Å². The molecule has 130 valence electrons. The Balaban J connectivity index is 1.52. The van der Waals surface area contributed by atoms with Gasteiger partial charge in [-0.25, -0.2) is 4.98 Å². The second-order valence-corrected chi connectivity index (χ2v) is 6.00. The monoisotopic (exact) mass is 347 g/mol. The Morgan fingerprint density at radius 3 is 2.85 bits per heavy atom. The fourth-order valence-corrected chi connectivity index (χ4v) is 2.95. The molecule has 2 aromatic heterocycles. The summed E-state index contributed by atoms with van der Waals surface area (Å²) in [6, 6.07) is 14.2. The lowest BCUT2D eigenvalue weighted by Gasteiger charge is -2.11. The Bertz CT molecular complexity index is 1120. The molecule has 0 fully saturated rings. The first-order valence-electron chi connectivity index (χ1n) is 8.19. The molecule has 0 aliphatic rings. The van der Waals surface area contributed by atoms with Crippen LogP contribution in [0.25, 0.3) is 16.4 Å². The van der Waals surface area contributed by atoms with Gasteiger partial charge in [-0.1, -0.05) is 24.3 Å². The van der Waals surface area contributed by atoms with Crippen LogP contribution in [-0.4, -0.2) is 27.0 Å². The molecule has 0 saturated heterocycles. The molecule has 4 aromatic rings. The molecule has 0 aliphatic carbocycles. The molecule has 6 heteroatoms. The van der Waals surface area contributed by atoms with Crippen LogP contribution < -0.4 is 10.1 Å². The summed E-state index contributed by atoms with van der Waals surface area (Å²) < 4.78 is 7.51. The molecule has 2 aromatic carbocycles. The third-order valence-corrected chi connectivity index (χ3v) is 4.10. The first-order chi connectivity index (χ1) is 12.6. The van der Waals surface area contributed by atoms with Gasteiger partial charge in [0, 0.05) is 28.9 Å². The van der Waals surface area contributed by atoms with Gasteiger partial charge < -0.3 is 19.6 Å². The van der Waals surface area contributed by atoms with Crippen LogP contribution in [0.3, 0.4) is 0 Å². The van der Waals surface area contributed by atoms with Gasteiger partial charge in [-0.15, -0.1) is 0 Å². The molecule has 0 aliphatic heterocycles. The minimum absolute atomic E-state index is 0.138. The van der Waals surface area contributed by atoms with Gasteiger partial charge in [-0.05, 0) is 31.2 Å². The number of carbonyl (C=O) groups is 1. The molecule has 0 radical (unpaired) electrons. The minimum Gasteiger partial charge on any atom is -0.507 e. The number of rotatable bonds is 4. The van der Waals surface area contributed by atoms with Gasteiger partial charge in [0.2, 0.25) is 0 Å². The van der Waals surface area contributed by atoms with E-state index in [-0.39, 0.29) is 18.3 Å². The molecule has 0 bridgehead atoms. The number of imidazole rings is 1. The number of anilines is 1. The quantitative estimate of drug-likeness (QED) is 0.592. The largest absolute Gasteiger partial charge is 0.507 e. The van der Waals surface area contributed by atoms with Crippen molar-refractivity contribution in [2.45, 2.75) is 6.92 Å². The van der Waals surface area contributed by atoms with Crippen molar-refractivity contribution in [2.75, 3.05) is 11.9 Å². The van der Waals surface area contributed by atoms with Gasteiger partial charge in [-0.3, -0.25) is 4.79 Å². The van der Waals surface area contributed by atoms with Crippen molar-refractivity contribution in [3.05, 3.63) is 66.6 Å². The molecule has 4 rings (SSSR count). The van der Waals surface area contributed by atoms with Gasteiger partial charge >= 0.3 is 0 Å². The average Bonchev–Trinajstić information content (AvgIpc) is 3.01. The van der Waals surface area contributed by atoms with E-state index in [1.165, 1.54) is 0 Å². The van der Waals surface area contributed by atoms with Gasteiger partial charge in [0.05, 0.1) is 5.69 Å². The number of phenols is 1. The number of nitrogens with one attached hydrogen (secondary N) is 1. The fraction of sp³-hybridized carbons (Fsp3) is 0.100. The van der Waals surface area contributed by atoms with Crippen molar-refractivity contribution < 1.29 is 14.6 Å². The molecule has 0 unspecified atom stereocenters. The summed E-state index contributed by atoms with van der Waals surface area (Å²) in [5, 5.41) is 14.2. The van der Waals surface area contributed by atoms with Crippen molar-refractivity contribution in [1.82, 2.24) is 9.38 Å². The van der Waals surface area contributed by atoms with Crippen LogP contribution in [0.1, 0.15) is 5.69 Å². The molecular formula is C20H17N3O3. The zero-order chi connectivity index (χ0) is 18.1. The van der Waals surface area contributed by atoms with E-state index >= 15 is 0 Å². The number of benzene rings is 2. The molecular weight excluding hydrogens is 330 g/mol. The van der Waals surface area contributed by atoms with Crippen LogP contribution >= 0.6 is 0 Å². The average molecular weight is 347 g/mol. The maximum absolute atomic E-state index is 12.3. The highest BCUT2D eigenvalue weighted by Gasteiger charge is 2.10. The molecule has 6 nitrogen and oxygen atoms in total. The smallest absolute Gasteiger partial charge is 0.262 e. The zero-order valence-corrected chi connectivity index (χ0v) is 14.1. The Hall–Kier alpha value is -3.54. The predicted molar refractivity (Wildman–Crippen MR) is 99.7 cm³/mol. The molecule has 0 saturated carbocycles. The lowest BCUT2D eigenvalue weighted by Crippen LogP contribution is -2.20. The third-order valence-electron chi connectivity index (χ3n) is 4.10. The topological polar surface area (TPSA) is 75.9 Å². The summed E-state index contributed by atoms with van der Waals surface area (Å²) in [6.07, 6.45) is 3.77. The number of pyridine rings is 1. The van der Waals surface area contributed by atoms with Crippen LogP contribution in [0.4, 0.5) is 5.69 Å². The standard InChI is InChI=1S/C20H17N3O3/c1-13-11-23-10-4-9-18(20(23)21-13)26-12-19(25)22-16-7-2-6-15-14(16)5-3-8-17(15)24/h2-11,24H,12H2,1H3,(H,22,25). The first kappa shape index (κ1) is 16.0. The Morgan fingerprint density at radius 1 is 1.15 bits per heavy atom. The van der Waals surface area contributed by atoms with E-state index in [0.29, 0.717) is 22.5 Å². The van der Waals surface area contributed by atoms with Crippen molar-refractivity contribution >= 4 is 28.0 Å². The van der Waals surface area contributed by atoms with Gasteiger partial charge in [0.1, 0.15) is 5.75 Å². The number of hydrogen-bond acceptors (Lipinski definition) is 4. The highest BCUT2D eigenvalue weighted by atomic mass is 16.5. The summed E-state index contributed by atoms with van der Waals surface area (Å²) in [4.78, 5) is 16.7. The van der Waals surface area contributed by atoms with E-state index in [9.17, 15) is 9.90 Å². The molecule has 1 amide bonds. The number of phenolic OH excluding ortho intramolecular Hbond substituents is 1. The van der Waals surface area contributed by atoms with Crippen LogP contribution in [0, 0.1) is 6.92 Å². The molecule has 0 spiro atoms. The second-order valence-electron chi connectivity index (χ2n) is 6.00. The van der Waals surface area contributed by atoms with Crippen LogP contribution in [-0.2, 0) is 4.79 Å². The second kappa shape index (κ2) is 6.40. The Morgan fingerprint density at radius 2 is 1.96 bits per heavy atom. The highest BCUT2D eigenvalue weighted by Crippen LogP contribution is 2.29. The normalized spacial score (nSPS) is 11.0. The minimum atomic E-state index is -0.286. The van der Waals surface area contributed by atoms with Crippen LogP contribution in [0.15, 0.2) is 60.9 Å². The van der Waals surface area contributed by atoms with Crippen LogP contribution in [0.5, 0.6) is 11.5 Å². The van der Waals surface area contributed by atoms with E-state index in [0.717, 1.165) is 11.1 Å².